The number of hydrazone groups is 1. The van der Waals surface area contributed by atoms with Crippen LogP contribution in [0.4, 0.5) is 17.1 Å². The molecule has 0 radical (unpaired) electrons. The number of nitro groups is 2. The molecule has 3 aliphatic rings. The number of nitrogens with zero attached hydrogens (tertiary/aromatic N) is 3. The van der Waals surface area contributed by atoms with Gasteiger partial charge in [-0.15, -0.1) is 0 Å². The maximum atomic E-state index is 13.3. The third-order valence-corrected chi connectivity index (χ3v) is 10.5. The maximum Gasteiger partial charge on any atom is 0.303 e. The van der Waals surface area contributed by atoms with Gasteiger partial charge in [0.1, 0.15) is 11.5 Å². The molecule has 0 saturated heterocycles. The normalized spacial score (nSPS) is 33.4. The molecule has 3 fully saturated rings. The number of aliphatic carboxylic acids is 1. The molecule has 0 amide bonds. The molecule has 12 nitrogen and oxygen atoms in total. The second-order valence-corrected chi connectivity index (χ2v) is 12.6. The standard InChI is InChI=1S/C29H40N4O8/c1-28-14-11-23(29(2)13-10-20(34)17-26(29)35)21(22(28)8-6-18(28)4-3-5-27(36)37)12-15-30-31-24-9-7-19(32(38)39)16-25(24)33(40)41/h7,9,15-16,18,20-23,31,34H,3-6,8,10-14,17H2,1-2H3,(H,36,37)/t18-,20-,21?,22?,23?,28+,29+/m0/s1. The lowest BCUT2D eigenvalue weighted by molar-refractivity contribution is -0.393. The Balaban J connectivity index is 1.56. The fourth-order valence-electron chi connectivity index (χ4n) is 8.21. The van der Waals surface area contributed by atoms with E-state index in [1.54, 1.807) is 6.21 Å². The lowest BCUT2D eigenvalue weighted by Crippen LogP contribution is -2.51. The van der Waals surface area contributed by atoms with Crippen molar-refractivity contribution in [2.45, 2.75) is 90.6 Å². The number of rotatable bonds is 11. The molecule has 0 aliphatic heterocycles. The number of Topliss-reactive ketones (excluding diaryl/α,β-unsaturated/α-hetero) is 1. The monoisotopic (exact) mass is 572 g/mol. The average molecular weight is 573 g/mol. The average Bonchev–Trinajstić information content (AvgIpc) is 3.24. The van der Waals surface area contributed by atoms with E-state index in [2.05, 4.69) is 17.5 Å². The van der Waals surface area contributed by atoms with Crippen LogP contribution in [0.3, 0.4) is 0 Å². The van der Waals surface area contributed by atoms with Crippen LogP contribution in [0.15, 0.2) is 23.3 Å². The molecule has 0 heterocycles. The second kappa shape index (κ2) is 12.2. The van der Waals surface area contributed by atoms with Crippen molar-refractivity contribution in [1.29, 1.82) is 0 Å². The largest absolute Gasteiger partial charge is 0.481 e. The van der Waals surface area contributed by atoms with Gasteiger partial charge < -0.3 is 10.2 Å². The second-order valence-electron chi connectivity index (χ2n) is 12.6. The predicted molar refractivity (Wildman–Crippen MR) is 151 cm³/mol. The van der Waals surface area contributed by atoms with E-state index in [0.717, 1.165) is 38.2 Å². The van der Waals surface area contributed by atoms with Crippen molar-refractivity contribution in [1.82, 2.24) is 0 Å². The number of aliphatic hydroxyl groups excluding tert-OH is 1. The molecule has 0 bridgehead atoms. The Morgan fingerprint density at radius 2 is 1.88 bits per heavy atom. The first-order valence-electron chi connectivity index (χ1n) is 14.5. The van der Waals surface area contributed by atoms with Gasteiger partial charge in [0.25, 0.3) is 5.69 Å². The van der Waals surface area contributed by atoms with Gasteiger partial charge in [0, 0.05) is 30.5 Å². The number of non-ortho nitro benzene ring substituents is 1. The van der Waals surface area contributed by atoms with Crippen molar-refractivity contribution in [2.75, 3.05) is 5.43 Å². The predicted octanol–water partition coefficient (Wildman–Crippen LogP) is 5.72. The fraction of sp³-hybridized carbons (Fsp3) is 0.690. The van der Waals surface area contributed by atoms with Crippen LogP contribution < -0.4 is 5.43 Å². The van der Waals surface area contributed by atoms with Crippen molar-refractivity contribution in [3.63, 3.8) is 0 Å². The first-order valence-corrected chi connectivity index (χ1v) is 14.5. The highest BCUT2D eigenvalue weighted by molar-refractivity contribution is 5.86. The molecule has 1 aromatic carbocycles. The van der Waals surface area contributed by atoms with Crippen LogP contribution in [0.2, 0.25) is 0 Å². The maximum absolute atomic E-state index is 13.3. The van der Waals surface area contributed by atoms with Crippen LogP contribution in [0, 0.1) is 54.7 Å². The van der Waals surface area contributed by atoms with E-state index in [-0.39, 0.29) is 47.3 Å². The molecule has 3 aliphatic carbocycles. The fourth-order valence-corrected chi connectivity index (χ4v) is 8.21. The number of nitrogens with one attached hydrogen (secondary N) is 1. The van der Waals surface area contributed by atoms with Crippen molar-refractivity contribution in [3.05, 3.63) is 38.4 Å². The zero-order valence-corrected chi connectivity index (χ0v) is 23.7. The molecule has 7 atom stereocenters. The van der Waals surface area contributed by atoms with E-state index in [4.69, 9.17) is 5.11 Å². The van der Waals surface area contributed by atoms with Crippen LogP contribution in [-0.4, -0.2) is 44.1 Å². The Bertz CT molecular complexity index is 1220. The minimum atomic E-state index is -0.783. The summed E-state index contributed by atoms with van der Waals surface area (Å²) < 4.78 is 0. The van der Waals surface area contributed by atoms with Crippen LogP contribution in [0.5, 0.6) is 0 Å². The van der Waals surface area contributed by atoms with Crippen molar-refractivity contribution in [3.8, 4) is 0 Å². The minimum Gasteiger partial charge on any atom is -0.481 e. The molecule has 12 heteroatoms. The number of carboxylic acids is 1. The molecule has 3 saturated carbocycles. The van der Waals surface area contributed by atoms with E-state index in [0.29, 0.717) is 37.5 Å². The topological polar surface area (TPSA) is 185 Å². The van der Waals surface area contributed by atoms with Crippen molar-refractivity contribution < 1.29 is 29.6 Å². The summed E-state index contributed by atoms with van der Waals surface area (Å²) >= 11 is 0. The number of anilines is 1. The number of benzene rings is 1. The number of aliphatic hydroxyl groups is 1. The number of carbonyl (C=O) groups is 2. The molecule has 1 aromatic rings. The Hall–Kier alpha value is -3.41. The highest BCUT2D eigenvalue weighted by atomic mass is 16.6. The number of fused-ring (bicyclic) bond motifs is 1. The summed E-state index contributed by atoms with van der Waals surface area (Å²) in [4.78, 5) is 45.6. The van der Waals surface area contributed by atoms with E-state index < -0.39 is 33.0 Å². The van der Waals surface area contributed by atoms with Crippen molar-refractivity contribution >= 4 is 35.0 Å². The lowest BCUT2D eigenvalue weighted by atomic mass is 9.50. The summed E-state index contributed by atoms with van der Waals surface area (Å²) in [5.74, 6) is 0.257. The van der Waals surface area contributed by atoms with Crippen LogP contribution in [0.25, 0.3) is 0 Å². The van der Waals surface area contributed by atoms with Crippen LogP contribution >= 0.6 is 0 Å². The number of hydrogen-bond acceptors (Lipinski definition) is 9. The molecule has 4 rings (SSSR count). The zero-order valence-electron chi connectivity index (χ0n) is 23.7. The third-order valence-electron chi connectivity index (χ3n) is 10.5. The van der Waals surface area contributed by atoms with Gasteiger partial charge in [0.15, 0.2) is 0 Å². The Labute approximate surface area is 238 Å². The number of carboxylic acid groups (broad SMARTS) is 1. The van der Waals surface area contributed by atoms with Gasteiger partial charge in [0.05, 0.1) is 22.0 Å². The number of hydrogen-bond donors (Lipinski definition) is 3. The summed E-state index contributed by atoms with van der Waals surface area (Å²) in [5.41, 5.74) is 1.37. The lowest BCUT2D eigenvalue weighted by Gasteiger charge is -2.54. The smallest absolute Gasteiger partial charge is 0.303 e. The highest BCUT2D eigenvalue weighted by Gasteiger charge is 2.58. The van der Waals surface area contributed by atoms with E-state index in [1.807, 2.05) is 6.92 Å². The molecule has 41 heavy (non-hydrogen) atoms. The Kier molecular flexibility index (Phi) is 9.10. The van der Waals surface area contributed by atoms with Gasteiger partial charge in [-0.2, -0.15) is 5.10 Å². The van der Waals surface area contributed by atoms with E-state index in [1.165, 1.54) is 12.1 Å². The molecule has 3 N–H and O–H groups in total. The summed E-state index contributed by atoms with van der Waals surface area (Å²) in [6, 6.07) is 3.34. The molecule has 3 unspecified atom stereocenters. The number of ketones is 1. The van der Waals surface area contributed by atoms with Gasteiger partial charge in [0.2, 0.25) is 0 Å². The molecule has 0 aromatic heterocycles. The van der Waals surface area contributed by atoms with Gasteiger partial charge in [-0.25, -0.2) is 0 Å². The van der Waals surface area contributed by atoms with Crippen LogP contribution in [-0.2, 0) is 9.59 Å². The SMILES string of the molecule is C[C@]1(C2CC[C@@]3(C)C(CC[C@@H]3CCCC(=O)O)C2CC=NNc2ccc([N+](=O)[O-])cc2[N+](=O)[O-])CC[C@H](O)CC1=O. The minimum absolute atomic E-state index is 0.0195. The summed E-state index contributed by atoms with van der Waals surface area (Å²) in [5, 5.41) is 46.1. The molecule has 0 spiro atoms. The summed E-state index contributed by atoms with van der Waals surface area (Å²) in [6.45, 7) is 4.35. The molecular formula is C29H40N4O8. The van der Waals surface area contributed by atoms with Crippen molar-refractivity contribution in [2.24, 2.45) is 39.6 Å². The number of carbonyl (C=O) groups excluding carboxylic acids is 1. The van der Waals surface area contributed by atoms with Gasteiger partial charge in [-0.3, -0.25) is 35.2 Å². The Morgan fingerprint density at radius 3 is 2.54 bits per heavy atom. The van der Waals surface area contributed by atoms with E-state index in [9.17, 15) is 34.9 Å². The summed E-state index contributed by atoms with van der Waals surface area (Å²) in [6.07, 6.45) is 8.50. The summed E-state index contributed by atoms with van der Waals surface area (Å²) in [7, 11) is 0. The van der Waals surface area contributed by atoms with Gasteiger partial charge in [-0.05, 0) is 92.9 Å². The van der Waals surface area contributed by atoms with Gasteiger partial charge >= 0.3 is 11.7 Å². The quantitative estimate of drug-likeness (QED) is 0.169. The first-order chi connectivity index (χ1) is 19.4. The Morgan fingerprint density at radius 1 is 1.12 bits per heavy atom. The zero-order chi connectivity index (χ0) is 29.9. The van der Waals surface area contributed by atoms with Gasteiger partial charge in [-0.1, -0.05) is 13.8 Å². The molecule has 224 valence electrons. The highest BCUT2D eigenvalue weighted by Crippen LogP contribution is 2.64. The van der Waals surface area contributed by atoms with Crippen LogP contribution in [0.1, 0.15) is 84.5 Å². The van der Waals surface area contributed by atoms with E-state index >= 15 is 0 Å². The number of nitro benzene ring substituents is 2. The molecular weight excluding hydrogens is 532 g/mol. The first kappa shape index (κ1) is 30.5. The third kappa shape index (κ3) is 6.27.